The summed E-state index contributed by atoms with van der Waals surface area (Å²) in [5.74, 6) is -0.895. The Morgan fingerprint density at radius 2 is 1.85 bits per heavy atom. The zero-order valence-electron chi connectivity index (χ0n) is 11.9. The molecule has 0 aliphatic rings. The highest BCUT2D eigenvalue weighted by Crippen LogP contribution is 2.19. The Morgan fingerprint density at radius 1 is 1.15 bits per heavy atom. The van der Waals surface area contributed by atoms with Crippen LogP contribution in [0.5, 0.6) is 0 Å². The van der Waals surface area contributed by atoms with Crippen molar-refractivity contribution in [1.82, 2.24) is 5.32 Å². The van der Waals surface area contributed by atoms with Crippen molar-refractivity contribution in [3.8, 4) is 0 Å². The van der Waals surface area contributed by atoms with E-state index >= 15 is 0 Å². The van der Waals surface area contributed by atoms with Crippen LogP contribution >= 0.6 is 0 Å². The molecular weight excluding hydrogens is 253 g/mol. The molecule has 0 fully saturated rings. The van der Waals surface area contributed by atoms with Gasteiger partial charge < -0.3 is 5.32 Å². The molecule has 2 nitrogen and oxygen atoms in total. The molecule has 0 heterocycles. The van der Waals surface area contributed by atoms with Gasteiger partial charge in [0.1, 0.15) is 5.82 Å². The molecule has 0 saturated carbocycles. The fourth-order valence-corrected chi connectivity index (χ4v) is 2.31. The van der Waals surface area contributed by atoms with Gasteiger partial charge in [-0.15, -0.1) is 0 Å². The summed E-state index contributed by atoms with van der Waals surface area (Å²) in [6.45, 7) is 5.93. The number of nitrogens with one attached hydrogen (secondary N) is 1. The lowest BCUT2D eigenvalue weighted by molar-refractivity contribution is 0.0936. The molecule has 0 aliphatic carbocycles. The third kappa shape index (κ3) is 3.05. The molecule has 2 rings (SSSR count). The summed E-state index contributed by atoms with van der Waals surface area (Å²) < 4.78 is 13.6. The van der Waals surface area contributed by atoms with Gasteiger partial charge in [-0.1, -0.05) is 35.9 Å². The van der Waals surface area contributed by atoms with Crippen molar-refractivity contribution < 1.29 is 9.18 Å². The predicted octanol–water partition coefficient (Wildman–Crippen LogP) is 3.93. The van der Waals surface area contributed by atoms with E-state index in [1.165, 1.54) is 17.7 Å². The Morgan fingerprint density at radius 3 is 2.50 bits per heavy atom. The van der Waals surface area contributed by atoms with E-state index in [0.29, 0.717) is 0 Å². The van der Waals surface area contributed by atoms with Crippen molar-refractivity contribution in [1.29, 1.82) is 0 Å². The zero-order valence-corrected chi connectivity index (χ0v) is 11.9. The van der Waals surface area contributed by atoms with Crippen molar-refractivity contribution in [2.75, 3.05) is 0 Å². The summed E-state index contributed by atoms with van der Waals surface area (Å²) in [6.07, 6.45) is 0. The van der Waals surface area contributed by atoms with E-state index in [1.54, 1.807) is 12.1 Å². The molecule has 2 aromatic rings. The Kier molecular flexibility index (Phi) is 4.18. The maximum atomic E-state index is 13.6. The van der Waals surface area contributed by atoms with Crippen LogP contribution in [0.4, 0.5) is 4.39 Å². The van der Waals surface area contributed by atoms with E-state index in [0.717, 1.165) is 11.1 Å². The average Bonchev–Trinajstić information content (AvgIpc) is 2.38. The molecule has 104 valence electrons. The normalized spacial score (nSPS) is 12.0. The number of benzene rings is 2. The molecule has 0 saturated heterocycles. The van der Waals surface area contributed by atoms with Crippen LogP contribution in [0.1, 0.15) is 40.0 Å². The maximum absolute atomic E-state index is 13.6. The van der Waals surface area contributed by atoms with Gasteiger partial charge in [0.05, 0.1) is 11.6 Å². The molecule has 1 atom stereocenters. The van der Waals surface area contributed by atoms with Crippen LogP contribution in [-0.4, -0.2) is 5.91 Å². The molecule has 2 aromatic carbocycles. The largest absolute Gasteiger partial charge is 0.345 e. The molecule has 1 N–H and O–H groups in total. The predicted molar refractivity (Wildman–Crippen MR) is 78.2 cm³/mol. The van der Waals surface area contributed by atoms with Gasteiger partial charge >= 0.3 is 0 Å². The SMILES string of the molecule is Cc1ccc([C@H](C)NC(=O)c2ccccc2F)c(C)c1. The van der Waals surface area contributed by atoms with Crippen molar-refractivity contribution >= 4 is 5.91 Å². The zero-order chi connectivity index (χ0) is 14.7. The molecule has 20 heavy (non-hydrogen) atoms. The standard InChI is InChI=1S/C17H18FNO/c1-11-8-9-14(12(2)10-11)13(3)19-17(20)15-6-4-5-7-16(15)18/h4-10,13H,1-3H3,(H,19,20)/t13-/m0/s1. The summed E-state index contributed by atoms with van der Waals surface area (Å²) in [4.78, 5) is 12.1. The smallest absolute Gasteiger partial charge is 0.254 e. The van der Waals surface area contributed by atoms with Crippen LogP contribution < -0.4 is 5.32 Å². The van der Waals surface area contributed by atoms with E-state index in [1.807, 2.05) is 32.9 Å². The second-order valence-electron chi connectivity index (χ2n) is 5.04. The van der Waals surface area contributed by atoms with E-state index in [9.17, 15) is 9.18 Å². The molecular formula is C17H18FNO. The third-order valence-corrected chi connectivity index (χ3v) is 3.36. The highest BCUT2D eigenvalue weighted by Gasteiger charge is 2.15. The maximum Gasteiger partial charge on any atom is 0.254 e. The molecule has 0 radical (unpaired) electrons. The summed E-state index contributed by atoms with van der Waals surface area (Å²) in [7, 11) is 0. The number of aryl methyl sites for hydroxylation is 2. The Hall–Kier alpha value is -2.16. The molecule has 3 heteroatoms. The summed E-state index contributed by atoms with van der Waals surface area (Å²) in [5.41, 5.74) is 3.41. The second-order valence-corrected chi connectivity index (χ2v) is 5.04. The van der Waals surface area contributed by atoms with Crippen molar-refractivity contribution in [3.63, 3.8) is 0 Å². The first-order valence-electron chi connectivity index (χ1n) is 6.61. The molecule has 0 bridgehead atoms. The van der Waals surface area contributed by atoms with Crippen LogP contribution in [-0.2, 0) is 0 Å². The lowest BCUT2D eigenvalue weighted by Crippen LogP contribution is -2.27. The first kappa shape index (κ1) is 14.3. The van der Waals surface area contributed by atoms with Gasteiger partial charge in [-0.25, -0.2) is 4.39 Å². The molecule has 0 unspecified atom stereocenters. The second kappa shape index (κ2) is 5.87. The molecule has 0 aliphatic heterocycles. The Balaban J connectivity index is 2.17. The molecule has 0 spiro atoms. The number of carbonyl (C=O) groups excluding carboxylic acids is 1. The van der Waals surface area contributed by atoms with E-state index in [4.69, 9.17) is 0 Å². The van der Waals surface area contributed by atoms with Gasteiger partial charge in [0.15, 0.2) is 0 Å². The average molecular weight is 271 g/mol. The number of hydrogen-bond acceptors (Lipinski definition) is 1. The van der Waals surface area contributed by atoms with Crippen molar-refractivity contribution in [2.24, 2.45) is 0 Å². The van der Waals surface area contributed by atoms with Crippen LogP contribution in [0.3, 0.4) is 0 Å². The number of halogens is 1. The van der Waals surface area contributed by atoms with Gasteiger partial charge in [0.25, 0.3) is 5.91 Å². The minimum atomic E-state index is -0.502. The van der Waals surface area contributed by atoms with E-state index in [2.05, 4.69) is 11.4 Å². The lowest BCUT2D eigenvalue weighted by Gasteiger charge is -2.17. The highest BCUT2D eigenvalue weighted by molar-refractivity contribution is 5.94. The van der Waals surface area contributed by atoms with Crippen molar-refractivity contribution in [2.45, 2.75) is 26.8 Å². The van der Waals surface area contributed by atoms with Gasteiger partial charge in [-0.3, -0.25) is 4.79 Å². The fraction of sp³-hybridized carbons (Fsp3) is 0.235. The monoisotopic (exact) mass is 271 g/mol. The first-order chi connectivity index (χ1) is 9.49. The fourth-order valence-electron chi connectivity index (χ4n) is 2.31. The van der Waals surface area contributed by atoms with Gasteiger partial charge in [-0.05, 0) is 44.0 Å². The van der Waals surface area contributed by atoms with E-state index < -0.39 is 11.7 Å². The quantitative estimate of drug-likeness (QED) is 0.900. The van der Waals surface area contributed by atoms with Crippen LogP contribution in [0.15, 0.2) is 42.5 Å². The number of carbonyl (C=O) groups is 1. The minimum Gasteiger partial charge on any atom is -0.345 e. The minimum absolute atomic E-state index is 0.0733. The van der Waals surface area contributed by atoms with Gasteiger partial charge in [0, 0.05) is 0 Å². The molecule has 1 amide bonds. The lowest BCUT2D eigenvalue weighted by atomic mass is 10.00. The van der Waals surface area contributed by atoms with Crippen molar-refractivity contribution in [3.05, 3.63) is 70.5 Å². The van der Waals surface area contributed by atoms with Crippen LogP contribution in [0.2, 0.25) is 0 Å². The topological polar surface area (TPSA) is 29.1 Å². The molecule has 0 aromatic heterocycles. The van der Waals surface area contributed by atoms with Crippen LogP contribution in [0, 0.1) is 19.7 Å². The van der Waals surface area contributed by atoms with Crippen LogP contribution in [0.25, 0.3) is 0 Å². The summed E-state index contributed by atoms with van der Waals surface area (Å²) in [5, 5.41) is 2.83. The summed E-state index contributed by atoms with van der Waals surface area (Å²) in [6, 6.07) is 11.9. The first-order valence-corrected chi connectivity index (χ1v) is 6.61. The number of rotatable bonds is 3. The van der Waals surface area contributed by atoms with Gasteiger partial charge in [-0.2, -0.15) is 0 Å². The van der Waals surface area contributed by atoms with Gasteiger partial charge in [0.2, 0.25) is 0 Å². The Labute approximate surface area is 118 Å². The third-order valence-electron chi connectivity index (χ3n) is 3.36. The Bertz CT molecular complexity index is 637. The van der Waals surface area contributed by atoms with E-state index in [-0.39, 0.29) is 11.6 Å². The number of hydrogen-bond donors (Lipinski definition) is 1. The number of amides is 1. The highest BCUT2D eigenvalue weighted by atomic mass is 19.1. The summed E-state index contributed by atoms with van der Waals surface area (Å²) >= 11 is 0.